The third-order valence-corrected chi connectivity index (χ3v) is 3.73. The maximum Gasteiger partial charge on any atom is 0.208 e. The van der Waals surface area contributed by atoms with Gasteiger partial charge in [-0.25, -0.2) is 4.98 Å². The minimum absolute atomic E-state index is 0.340. The SMILES string of the molecule is Cc1cnc(CNC(C)c2sccc2C)o1. The van der Waals surface area contributed by atoms with Crippen molar-refractivity contribution in [2.24, 2.45) is 0 Å². The molecule has 2 rings (SSSR count). The Labute approximate surface area is 99.5 Å². The monoisotopic (exact) mass is 236 g/mol. The van der Waals surface area contributed by atoms with Crippen LogP contribution in [0.1, 0.15) is 35.1 Å². The lowest BCUT2D eigenvalue weighted by Gasteiger charge is -2.11. The first-order valence-electron chi connectivity index (χ1n) is 5.35. The molecule has 0 saturated carbocycles. The smallest absolute Gasteiger partial charge is 0.208 e. The minimum atomic E-state index is 0.340. The van der Waals surface area contributed by atoms with Gasteiger partial charge in [-0.1, -0.05) is 0 Å². The number of hydrogen-bond acceptors (Lipinski definition) is 4. The maximum atomic E-state index is 5.41. The number of rotatable bonds is 4. The molecule has 0 aliphatic rings. The van der Waals surface area contributed by atoms with Crippen molar-refractivity contribution in [3.63, 3.8) is 0 Å². The molecule has 0 aliphatic heterocycles. The topological polar surface area (TPSA) is 38.1 Å². The molecular weight excluding hydrogens is 220 g/mol. The van der Waals surface area contributed by atoms with Crippen molar-refractivity contribution in [2.75, 3.05) is 0 Å². The van der Waals surface area contributed by atoms with Gasteiger partial charge in [0, 0.05) is 10.9 Å². The van der Waals surface area contributed by atoms with Crippen molar-refractivity contribution >= 4 is 11.3 Å². The van der Waals surface area contributed by atoms with E-state index in [0.29, 0.717) is 12.6 Å². The first-order chi connectivity index (χ1) is 7.66. The predicted octanol–water partition coefficient (Wildman–Crippen LogP) is 3.20. The van der Waals surface area contributed by atoms with Crippen LogP contribution in [0, 0.1) is 13.8 Å². The minimum Gasteiger partial charge on any atom is -0.445 e. The molecule has 2 heterocycles. The molecule has 0 saturated heterocycles. The average molecular weight is 236 g/mol. The summed E-state index contributed by atoms with van der Waals surface area (Å²) in [5.74, 6) is 1.61. The van der Waals surface area contributed by atoms with Gasteiger partial charge in [0.15, 0.2) is 0 Å². The summed E-state index contributed by atoms with van der Waals surface area (Å²) in [6.45, 7) is 6.88. The van der Waals surface area contributed by atoms with Gasteiger partial charge in [-0.05, 0) is 37.8 Å². The van der Waals surface area contributed by atoms with Crippen molar-refractivity contribution in [2.45, 2.75) is 33.4 Å². The van der Waals surface area contributed by atoms with Gasteiger partial charge in [0.2, 0.25) is 5.89 Å². The Morgan fingerprint density at radius 3 is 2.88 bits per heavy atom. The summed E-state index contributed by atoms with van der Waals surface area (Å²) in [7, 11) is 0. The van der Waals surface area contributed by atoms with E-state index in [1.807, 2.05) is 6.92 Å². The van der Waals surface area contributed by atoms with Gasteiger partial charge in [0.05, 0.1) is 12.7 Å². The Morgan fingerprint density at radius 1 is 1.50 bits per heavy atom. The Morgan fingerprint density at radius 2 is 2.31 bits per heavy atom. The summed E-state index contributed by atoms with van der Waals surface area (Å²) in [5, 5.41) is 5.53. The molecule has 1 N–H and O–H groups in total. The van der Waals surface area contributed by atoms with Crippen LogP contribution >= 0.6 is 11.3 Å². The van der Waals surface area contributed by atoms with E-state index in [0.717, 1.165) is 11.7 Å². The Hall–Kier alpha value is -1.13. The second-order valence-electron chi connectivity index (χ2n) is 3.94. The molecule has 3 nitrogen and oxygen atoms in total. The summed E-state index contributed by atoms with van der Waals surface area (Å²) < 4.78 is 5.41. The fourth-order valence-corrected chi connectivity index (χ4v) is 2.60. The summed E-state index contributed by atoms with van der Waals surface area (Å²) in [6.07, 6.45) is 1.75. The molecule has 2 aromatic heterocycles. The van der Waals surface area contributed by atoms with Crippen LogP contribution in [0.15, 0.2) is 22.1 Å². The number of aromatic nitrogens is 1. The summed E-state index contributed by atoms with van der Waals surface area (Å²) >= 11 is 1.78. The third kappa shape index (κ3) is 2.51. The normalized spacial score (nSPS) is 12.9. The molecule has 4 heteroatoms. The lowest BCUT2D eigenvalue weighted by atomic mass is 10.2. The van der Waals surface area contributed by atoms with Gasteiger partial charge in [0.25, 0.3) is 0 Å². The molecule has 16 heavy (non-hydrogen) atoms. The molecule has 0 aromatic carbocycles. The number of nitrogens with one attached hydrogen (secondary N) is 1. The van der Waals surface area contributed by atoms with Gasteiger partial charge < -0.3 is 9.73 Å². The predicted molar refractivity (Wildman–Crippen MR) is 65.6 cm³/mol. The molecule has 0 amide bonds. The number of thiophene rings is 1. The lowest BCUT2D eigenvalue weighted by molar-refractivity contribution is 0.433. The first-order valence-corrected chi connectivity index (χ1v) is 6.23. The number of oxazole rings is 1. The molecule has 2 aromatic rings. The van der Waals surface area contributed by atoms with Gasteiger partial charge in [-0.2, -0.15) is 0 Å². The number of aryl methyl sites for hydroxylation is 2. The van der Waals surface area contributed by atoms with Crippen LogP contribution in [0.25, 0.3) is 0 Å². The van der Waals surface area contributed by atoms with Gasteiger partial charge in [-0.15, -0.1) is 11.3 Å². The number of hydrogen-bond donors (Lipinski definition) is 1. The van der Waals surface area contributed by atoms with Crippen LogP contribution in [0.5, 0.6) is 0 Å². The number of nitrogens with zero attached hydrogens (tertiary/aromatic N) is 1. The van der Waals surface area contributed by atoms with Crippen LogP contribution < -0.4 is 5.32 Å². The highest BCUT2D eigenvalue weighted by molar-refractivity contribution is 7.10. The van der Waals surface area contributed by atoms with E-state index < -0.39 is 0 Å². The Kier molecular flexibility index (Phi) is 3.41. The molecular formula is C12H16N2OS. The molecule has 0 radical (unpaired) electrons. The van der Waals surface area contributed by atoms with Crippen molar-refractivity contribution in [1.82, 2.24) is 10.3 Å². The van der Waals surface area contributed by atoms with E-state index in [9.17, 15) is 0 Å². The van der Waals surface area contributed by atoms with Crippen molar-refractivity contribution < 1.29 is 4.42 Å². The molecule has 0 aliphatic carbocycles. The zero-order valence-electron chi connectivity index (χ0n) is 9.78. The van der Waals surface area contributed by atoms with Gasteiger partial charge >= 0.3 is 0 Å². The van der Waals surface area contributed by atoms with Crippen LogP contribution in [0.2, 0.25) is 0 Å². The van der Waals surface area contributed by atoms with E-state index in [2.05, 4.69) is 35.6 Å². The highest BCUT2D eigenvalue weighted by Crippen LogP contribution is 2.23. The average Bonchev–Trinajstić information content (AvgIpc) is 2.84. The maximum absolute atomic E-state index is 5.41. The van der Waals surface area contributed by atoms with Crippen LogP contribution in [-0.2, 0) is 6.54 Å². The van der Waals surface area contributed by atoms with E-state index in [1.165, 1.54) is 10.4 Å². The fourth-order valence-electron chi connectivity index (χ4n) is 1.64. The highest BCUT2D eigenvalue weighted by atomic mass is 32.1. The Bertz CT molecular complexity index is 461. The molecule has 86 valence electrons. The Balaban J connectivity index is 1.93. The largest absolute Gasteiger partial charge is 0.445 e. The lowest BCUT2D eigenvalue weighted by Crippen LogP contribution is -2.17. The molecule has 0 spiro atoms. The van der Waals surface area contributed by atoms with Crippen molar-refractivity contribution in [3.8, 4) is 0 Å². The van der Waals surface area contributed by atoms with Crippen LogP contribution in [0.3, 0.4) is 0 Å². The zero-order valence-corrected chi connectivity index (χ0v) is 10.6. The van der Waals surface area contributed by atoms with Crippen molar-refractivity contribution in [3.05, 3.63) is 39.7 Å². The second kappa shape index (κ2) is 4.80. The second-order valence-corrected chi connectivity index (χ2v) is 4.88. The standard InChI is InChI=1S/C12H16N2OS/c1-8-4-5-16-12(8)10(3)13-7-11-14-6-9(2)15-11/h4-6,10,13H,7H2,1-3H3. The van der Waals surface area contributed by atoms with Crippen LogP contribution in [0.4, 0.5) is 0 Å². The summed E-state index contributed by atoms with van der Waals surface area (Å²) in [6, 6.07) is 2.49. The third-order valence-electron chi connectivity index (χ3n) is 2.52. The first kappa shape index (κ1) is 11.4. The van der Waals surface area contributed by atoms with E-state index in [1.54, 1.807) is 17.5 Å². The van der Waals surface area contributed by atoms with E-state index >= 15 is 0 Å². The molecule has 0 fully saturated rings. The summed E-state index contributed by atoms with van der Waals surface area (Å²) in [5.41, 5.74) is 1.34. The van der Waals surface area contributed by atoms with Gasteiger partial charge in [-0.3, -0.25) is 0 Å². The van der Waals surface area contributed by atoms with E-state index in [-0.39, 0.29) is 0 Å². The fraction of sp³-hybridized carbons (Fsp3) is 0.417. The zero-order chi connectivity index (χ0) is 11.5. The van der Waals surface area contributed by atoms with Crippen molar-refractivity contribution in [1.29, 1.82) is 0 Å². The van der Waals surface area contributed by atoms with Crippen LogP contribution in [-0.4, -0.2) is 4.98 Å². The molecule has 1 unspecified atom stereocenters. The van der Waals surface area contributed by atoms with Gasteiger partial charge in [0.1, 0.15) is 5.76 Å². The highest BCUT2D eigenvalue weighted by Gasteiger charge is 2.10. The van der Waals surface area contributed by atoms with E-state index in [4.69, 9.17) is 4.42 Å². The quantitative estimate of drug-likeness (QED) is 0.885. The molecule has 1 atom stereocenters. The summed E-state index contributed by atoms with van der Waals surface area (Å²) in [4.78, 5) is 5.54. The molecule has 0 bridgehead atoms.